The van der Waals surface area contributed by atoms with Crippen LogP contribution in [0.5, 0.6) is 23.0 Å². The average molecular weight is 691 g/mol. The molecule has 3 heterocycles. The van der Waals surface area contributed by atoms with Gasteiger partial charge in [0, 0.05) is 11.6 Å². The Bertz CT molecular complexity index is 1820. The third-order valence-corrected chi connectivity index (χ3v) is 8.48. The number of hydrogen-bond donors (Lipinski definition) is 12. The Morgan fingerprint density at radius 1 is 0.723 bits per heavy atom. The summed E-state index contributed by atoms with van der Waals surface area (Å²) in [6, 6.07) is 4.07. The molecule has 12 N–H and O–H groups in total. The van der Waals surface area contributed by atoms with E-state index in [4.69, 9.17) is 18.4 Å². The van der Waals surface area contributed by atoms with E-state index < -0.39 is 135 Å². The minimum atomic E-state index is -5.29. The molecule has 0 saturated carbocycles. The third-order valence-electron chi connectivity index (χ3n) is 8.01. The Morgan fingerprint density at radius 2 is 1.32 bits per heavy atom. The summed E-state index contributed by atoms with van der Waals surface area (Å²) in [4.78, 5) is 13.6. The van der Waals surface area contributed by atoms with Crippen LogP contribution in [0.4, 0.5) is 0 Å². The first-order valence-electron chi connectivity index (χ1n) is 13.7. The zero-order valence-electron chi connectivity index (χ0n) is 23.6. The molecule has 10 atom stereocenters. The zero-order valence-corrected chi connectivity index (χ0v) is 24.4. The molecule has 47 heavy (non-hydrogen) atoms. The van der Waals surface area contributed by atoms with Gasteiger partial charge in [-0.15, -0.1) is 0 Å². The Morgan fingerprint density at radius 3 is 1.91 bits per heavy atom. The zero-order chi connectivity index (χ0) is 34.7. The minimum absolute atomic E-state index is 0.0214. The molecule has 2 fully saturated rings. The lowest BCUT2D eigenvalue weighted by atomic mass is 9.85. The number of rotatable bonds is 7. The lowest BCUT2D eigenvalue weighted by Gasteiger charge is -2.42. The highest BCUT2D eigenvalue weighted by atomic mass is 32.3. The van der Waals surface area contributed by atoms with Crippen molar-refractivity contribution in [2.45, 2.75) is 61.0 Å². The lowest BCUT2D eigenvalue weighted by Crippen LogP contribution is -2.57. The van der Waals surface area contributed by atoms with Crippen molar-refractivity contribution in [2.24, 2.45) is 0 Å². The summed E-state index contributed by atoms with van der Waals surface area (Å²) >= 11 is 0. The second kappa shape index (κ2) is 12.8. The smallest absolute Gasteiger partial charge is 0.397 e. The number of phenols is 4. The van der Waals surface area contributed by atoms with Crippen molar-refractivity contribution in [1.29, 1.82) is 0 Å². The van der Waals surface area contributed by atoms with Crippen LogP contribution in [0.2, 0.25) is 0 Å². The van der Waals surface area contributed by atoms with Gasteiger partial charge in [0.2, 0.25) is 0 Å². The number of aromatic hydroxyl groups is 4. The maximum atomic E-state index is 13.6. The van der Waals surface area contributed by atoms with E-state index >= 15 is 0 Å². The molecule has 1 aromatic heterocycles. The molecule has 3 aromatic rings. The number of ether oxygens (including phenoxy) is 2. The van der Waals surface area contributed by atoms with Gasteiger partial charge in [0.25, 0.3) is 0 Å². The van der Waals surface area contributed by atoms with Crippen LogP contribution in [0.1, 0.15) is 23.3 Å². The van der Waals surface area contributed by atoms with Crippen LogP contribution in [0, 0.1) is 0 Å². The molecule has 0 amide bonds. The van der Waals surface area contributed by atoms with Crippen molar-refractivity contribution in [3.8, 4) is 34.3 Å². The molecule has 0 bridgehead atoms. The van der Waals surface area contributed by atoms with E-state index in [1.165, 1.54) is 6.07 Å². The molecule has 2 saturated heterocycles. The molecular weight excluding hydrogens is 660 g/mol. The molecule has 2 aliphatic heterocycles. The molecule has 0 aliphatic carbocycles. The Labute approximate surface area is 262 Å². The van der Waals surface area contributed by atoms with Crippen LogP contribution >= 0.6 is 0 Å². The van der Waals surface area contributed by atoms with Crippen molar-refractivity contribution in [1.82, 2.24) is 0 Å². The van der Waals surface area contributed by atoms with Crippen LogP contribution in [-0.4, -0.2) is 131 Å². The van der Waals surface area contributed by atoms with Crippen molar-refractivity contribution in [2.75, 3.05) is 13.2 Å². The first-order chi connectivity index (χ1) is 22.0. The molecule has 2 aromatic carbocycles. The van der Waals surface area contributed by atoms with Crippen molar-refractivity contribution in [3.63, 3.8) is 0 Å². The van der Waals surface area contributed by atoms with Gasteiger partial charge in [-0.2, -0.15) is 8.42 Å². The van der Waals surface area contributed by atoms with Gasteiger partial charge in [-0.3, -0.25) is 9.35 Å². The Balaban J connectivity index is 1.79. The van der Waals surface area contributed by atoms with Crippen LogP contribution < -0.4 is 5.43 Å². The predicted octanol–water partition coefficient (Wildman–Crippen LogP) is -2.86. The fourth-order valence-corrected chi connectivity index (χ4v) is 6.20. The largest absolute Gasteiger partial charge is 0.507 e. The molecule has 20 heteroatoms. The van der Waals surface area contributed by atoms with Crippen LogP contribution in [0.3, 0.4) is 0 Å². The fraction of sp³-hybridized carbons (Fsp3) is 0.444. The monoisotopic (exact) mass is 690 g/mol. The number of phenolic OH excluding ortho intramolecular Hbond substituents is 4. The molecule has 258 valence electrons. The van der Waals surface area contributed by atoms with Crippen LogP contribution in [0.25, 0.3) is 22.3 Å². The number of benzene rings is 2. The summed E-state index contributed by atoms with van der Waals surface area (Å²) in [5.74, 6) is -3.82. The molecule has 2 aliphatic rings. The molecule has 0 radical (unpaired) electrons. The van der Waals surface area contributed by atoms with Gasteiger partial charge in [0.1, 0.15) is 83.7 Å². The summed E-state index contributed by atoms with van der Waals surface area (Å²) in [6.07, 6.45) is -20.4. The quantitative estimate of drug-likeness (QED) is 0.0876. The average Bonchev–Trinajstić information content (AvgIpc) is 3.00. The van der Waals surface area contributed by atoms with Crippen molar-refractivity contribution >= 4 is 21.4 Å². The van der Waals surface area contributed by atoms with E-state index in [1.54, 1.807) is 0 Å². The van der Waals surface area contributed by atoms with Crippen molar-refractivity contribution < 1.29 is 87.2 Å². The summed E-state index contributed by atoms with van der Waals surface area (Å²) < 4.78 is 53.0. The molecule has 19 nitrogen and oxygen atoms in total. The highest BCUT2D eigenvalue weighted by Gasteiger charge is 2.51. The minimum Gasteiger partial charge on any atom is -0.507 e. The molecule has 0 spiro atoms. The lowest BCUT2D eigenvalue weighted by molar-refractivity contribution is -0.232. The van der Waals surface area contributed by atoms with E-state index in [0.717, 1.165) is 18.2 Å². The van der Waals surface area contributed by atoms with E-state index in [9.17, 15) is 69.4 Å². The van der Waals surface area contributed by atoms with Gasteiger partial charge in [0.05, 0.1) is 24.3 Å². The number of aliphatic hydroxyl groups excluding tert-OH is 7. The van der Waals surface area contributed by atoms with Crippen LogP contribution in [0.15, 0.2) is 33.5 Å². The second-order valence-electron chi connectivity index (χ2n) is 10.9. The summed E-state index contributed by atoms with van der Waals surface area (Å²) in [5.41, 5.74) is -3.45. The second-order valence-corrected chi connectivity index (χ2v) is 12.0. The first-order valence-corrected chi connectivity index (χ1v) is 15.0. The van der Waals surface area contributed by atoms with Gasteiger partial charge in [-0.25, -0.2) is 4.18 Å². The predicted molar refractivity (Wildman–Crippen MR) is 150 cm³/mol. The highest BCUT2D eigenvalue weighted by molar-refractivity contribution is 7.80. The van der Waals surface area contributed by atoms with E-state index in [2.05, 4.69) is 4.18 Å². The first kappa shape index (κ1) is 34.7. The van der Waals surface area contributed by atoms with Crippen molar-refractivity contribution in [3.05, 3.63) is 45.6 Å². The van der Waals surface area contributed by atoms with E-state index in [0.29, 0.717) is 0 Å². The SMILES string of the molecule is O=c1cc(-c2ccc(O)c(O)c2)oc2c(C3OC(CO)C(O)C(O)C3O)c(O)c(C3OC(CO)C(OS(=O)(=O)O)C(O)C3O)c(O)c12. The normalized spacial score (nSPS) is 31.7. The standard InChI is InChI=1S/C27H30O19S/c28-5-12-17(33)20(36)21(37)27(44-12)16-19(35)15(26-23(39)22(38)24(13(6-29)45-26)46-47(40,41)42)18(34)14-10(32)4-11(43-25(14)16)7-1-2-8(30)9(31)3-7/h1-4,12-13,17,20-24,26-31,33-39H,5-6H2,(H,40,41,42). The maximum Gasteiger partial charge on any atom is 0.397 e. The maximum absolute atomic E-state index is 13.6. The Hall–Kier alpha value is -3.64. The number of fused-ring (bicyclic) bond motifs is 1. The van der Waals surface area contributed by atoms with Gasteiger partial charge in [0.15, 0.2) is 22.5 Å². The van der Waals surface area contributed by atoms with E-state index in [1.807, 2.05) is 0 Å². The number of hydrogen-bond acceptors (Lipinski definition) is 18. The third kappa shape index (κ3) is 6.10. The van der Waals surface area contributed by atoms with Gasteiger partial charge < -0.3 is 70.1 Å². The molecule has 5 rings (SSSR count). The molecule has 10 unspecified atom stereocenters. The van der Waals surface area contributed by atoms with E-state index in [-0.39, 0.29) is 11.3 Å². The van der Waals surface area contributed by atoms with Gasteiger partial charge in [-0.05, 0) is 18.2 Å². The summed E-state index contributed by atoms with van der Waals surface area (Å²) in [7, 11) is -5.29. The Kier molecular flexibility index (Phi) is 9.42. The molecular formula is C27H30O19S. The van der Waals surface area contributed by atoms with Gasteiger partial charge in [-0.1, -0.05) is 0 Å². The number of aliphatic hydroxyl groups is 7. The van der Waals surface area contributed by atoms with Crippen LogP contribution in [-0.2, 0) is 24.1 Å². The topological polar surface area (TPSA) is 335 Å². The summed E-state index contributed by atoms with van der Waals surface area (Å²) in [5, 5.41) is 115. The highest BCUT2D eigenvalue weighted by Crippen LogP contribution is 2.51. The summed E-state index contributed by atoms with van der Waals surface area (Å²) in [6.45, 7) is -2.06. The van der Waals surface area contributed by atoms with Gasteiger partial charge >= 0.3 is 10.4 Å². The fourth-order valence-electron chi connectivity index (χ4n) is 5.68.